The van der Waals surface area contributed by atoms with Gasteiger partial charge in [-0.2, -0.15) is 0 Å². The topological polar surface area (TPSA) is 52.6 Å². The summed E-state index contributed by atoms with van der Waals surface area (Å²) in [6.45, 7) is 9.19. The summed E-state index contributed by atoms with van der Waals surface area (Å²) in [7, 11) is 1.67. The van der Waals surface area contributed by atoms with E-state index in [0.717, 1.165) is 59.1 Å². The van der Waals surface area contributed by atoms with Crippen molar-refractivity contribution in [1.29, 1.82) is 0 Å². The van der Waals surface area contributed by atoms with Gasteiger partial charge in [0.05, 0.1) is 7.11 Å². The van der Waals surface area contributed by atoms with Crippen LogP contribution >= 0.6 is 0 Å². The Morgan fingerprint density at radius 2 is 1.71 bits per heavy atom. The Kier molecular flexibility index (Phi) is 7.74. The number of fused-ring (bicyclic) bond motifs is 6. The molecular formula is C37H50O4. The Hall–Kier alpha value is -2.36. The molecule has 0 spiro atoms. The van der Waals surface area contributed by atoms with E-state index in [1.165, 1.54) is 44.9 Å². The van der Waals surface area contributed by atoms with Crippen LogP contribution < -0.4 is 4.74 Å². The third-order valence-electron chi connectivity index (χ3n) is 12.9. The quantitative estimate of drug-likeness (QED) is 0.251. The van der Waals surface area contributed by atoms with Gasteiger partial charge in [-0.15, -0.1) is 0 Å². The number of rotatable bonds is 7. The van der Waals surface area contributed by atoms with Gasteiger partial charge in [0.25, 0.3) is 0 Å². The first-order valence-electron chi connectivity index (χ1n) is 16.4. The first-order chi connectivity index (χ1) is 19.6. The molecule has 2 aromatic rings. The molecular weight excluding hydrogens is 508 g/mol. The summed E-state index contributed by atoms with van der Waals surface area (Å²) < 4.78 is 11.2. The first-order valence-corrected chi connectivity index (χ1v) is 16.4. The summed E-state index contributed by atoms with van der Waals surface area (Å²) in [4.78, 5) is 25.2. The molecule has 0 N–H and O–H groups in total. The third kappa shape index (κ3) is 5.01. The largest absolute Gasteiger partial charge is 0.497 e. The van der Waals surface area contributed by atoms with E-state index in [2.05, 4.69) is 32.9 Å². The molecule has 41 heavy (non-hydrogen) atoms. The highest BCUT2D eigenvalue weighted by atomic mass is 16.5. The van der Waals surface area contributed by atoms with Crippen molar-refractivity contribution >= 4 is 22.5 Å². The number of ketones is 1. The number of benzene rings is 2. The monoisotopic (exact) mass is 558 g/mol. The fraction of sp³-hybridized carbons (Fsp3) is 0.676. The molecule has 4 heteroatoms. The number of ether oxygens (including phenoxy) is 2. The standard InChI is InChI=1S/C37H50O4/c1-23(10-15-35(39)31-22-28(40-5)20-25-8-6-7-9-29(25)31)32-13-14-33-30-12-11-26-21-27(41-24(2)38)16-18-36(26,3)34(30)17-19-37(32,33)4/h6-9,20,22-23,26-27,30,32-34H,10-19,21H2,1-5H3/t23-,26-,27-,30+,32-,33+,34+,36+,37-/m1/s1. The van der Waals surface area contributed by atoms with Crippen molar-refractivity contribution in [3.63, 3.8) is 0 Å². The Morgan fingerprint density at radius 1 is 0.951 bits per heavy atom. The maximum atomic E-state index is 13.6. The number of esters is 1. The van der Waals surface area contributed by atoms with E-state index in [9.17, 15) is 9.59 Å². The average Bonchev–Trinajstić information content (AvgIpc) is 3.32. The second kappa shape index (κ2) is 11.0. The van der Waals surface area contributed by atoms with Crippen LogP contribution in [0.5, 0.6) is 5.75 Å². The molecule has 4 nitrogen and oxygen atoms in total. The molecule has 0 radical (unpaired) electrons. The SMILES string of the molecule is COc1cc(C(=O)CC[C@@H](C)[C@H]2CC[C@H]3[C@@H]4CC[C@@H]5C[C@H](OC(C)=O)CC[C@]5(C)[C@H]4CC[C@]23C)c2ccccc2c1. The van der Waals surface area contributed by atoms with Crippen LogP contribution in [-0.4, -0.2) is 25.0 Å². The predicted octanol–water partition coefficient (Wildman–Crippen LogP) is 9.04. The molecule has 0 aromatic heterocycles. The number of hydrogen-bond donors (Lipinski definition) is 0. The molecule has 0 saturated heterocycles. The molecule has 0 unspecified atom stereocenters. The predicted molar refractivity (Wildman–Crippen MR) is 164 cm³/mol. The van der Waals surface area contributed by atoms with Crippen LogP contribution in [0.3, 0.4) is 0 Å². The van der Waals surface area contributed by atoms with E-state index in [0.29, 0.717) is 35.0 Å². The van der Waals surface area contributed by atoms with Crippen LogP contribution in [0.15, 0.2) is 36.4 Å². The zero-order chi connectivity index (χ0) is 28.9. The van der Waals surface area contributed by atoms with Crippen molar-refractivity contribution in [2.75, 3.05) is 7.11 Å². The van der Waals surface area contributed by atoms with Crippen molar-refractivity contribution in [3.8, 4) is 5.75 Å². The lowest BCUT2D eigenvalue weighted by molar-refractivity contribution is -0.160. The van der Waals surface area contributed by atoms with Crippen LogP contribution in [0, 0.1) is 46.3 Å². The molecule has 6 rings (SSSR count). The lowest BCUT2D eigenvalue weighted by Gasteiger charge is -2.61. The highest BCUT2D eigenvalue weighted by molar-refractivity contribution is 6.08. The molecule has 2 aromatic carbocycles. The summed E-state index contributed by atoms with van der Waals surface area (Å²) in [5, 5.41) is 2.09. The second-order valence-corrected chi connectivity index (χ2v) is 14.7. The highest BCUT2D eigenvalue weighted by Gasteiger charge is 2.60. The van der Waals surface area contributed by atoms with Crippen molar-refractivity contribution < 1.29 is 19.1 Å². The maximum absolute atomic E-state index is 13.6. The third-order valence-corrected chi connectivity index (χ3v) is 12.9. The summed E-state index contributed by atoms with van der Waals surface area (Å²) >= 11 is 0. The van der Waals surface area contributed by atoms with Crippen molar-refractivity contribution in [2.24, 2.45) is 46.3 Å². The minimum atomic E-state index is -0.120. The summed E-state index contributed by atoms with van der Waals surface area (Å²) in [6.07, 6.45) is 13.0. The second-order valence-electron chi connectivity index (χ2n) is 14.7. The lowest BCUT2D eigenvalue weighted by atomic mass is 9.44. The van der Waals surface area contributed by atoms with Crippen molar-refractivity contribution in [1.82, 2.24) is 0 Å². The molecule has 222 valence electrons. The van der Waals surface area contributed by atoms with Gasteiger partial charge in [0.2, 0.25) is 0 Å². The van der Waals surface area contributed by atoms with Gasteiger partial charge < -0.3 is 9.47 Å². The van der Waals surface area contributed by atoms with Gasteiger partial charge in [0.15, 0.2) is 5.78 Å². The Bertz CT molecular complexity index is 1300. The maximum Gasteiger partial charge on any atom is 0.302 e. The molecule has 9 atom stereocenters. The highest BCUT2D eigenvalue weighted by Crippen LogP contribution is 2.68. The van der Waals surface area contributed by atoms with Crippen LogP contribution in [0.4, 0.5) is 0 Å². The molecule has 4 aliphatic rings. The van der Waals surface area contributed by atoms with Gasteiger partial charge >= 0.3 is 5.97 Å². The summed E-state index contributed by atoms with van der Waals surface area (Å²) in [6, 6.07) is 12.1. The van der Waals surface area contributed by atoms with Gasteiger partial charge in [0, 0.05) is 18.9 Å². The minimum Gasteiger partial charge on any atom is -0.497 e. The fourth-order valence-corrected chi connectivity index (χ4v) is 10.9. The van der Waals surface area contributed by atoms with Gasteiger partial charge in [0.1, 0.15) is 11.9 Å². The molecule has 4 saturated carbocycles. The first kappa shape index (κ1) is 28.7. The average molecular weight is 559 g/mol. The minimum absolute atomic E-state index is 0.120. The summed E-state index contributed by atoms with van der Waals surface area (Å²) in [5.41, 5.74) is 1.60. The van der Waals surface area contributed by atoms with Gasteiger partial charge in [-0.25, -0.2) is 0 Å². The Labute approximate surface area is 246 Å². The van der Waals surface area contributed by atoms with E-state index >= 15 is 0 Å². The molecule has 0 heterocycles. The Morgan fingerprint density at radius 3 is 2.49 bits per heavy atom. The van der Waals surface area contributed by atoms with Crippen LogP contribution in [-0.2, 0) is 9.53 Å². The fourth-order valence-electron chi connectivity index (χ4n) is 10.9. The Balaban J connectivity index is 1.12. The van der Waals surface area contributed by atoms with Crippen LogP contribution in [0.2, 0.25) is 0 Å². The summed E-state index contributed by atoms with van der Waals surface area (Å²) in [5.74, 6) is 5.29. The number of methoxy groups -OCH3 is 1. The van der Waals surface area contributed by atoms with Crippen LogP contribution in [0.25, 0.3) is 10.8 Å². The van der Waals surface area contributed by atoms with E-state index in [4.69, 9.17) is 9.47 Å². The zero-order valence-corrected chi connectivity index (χ0v) is 25.9. The number of Topliss-reactive ketones (excluding diaryl/α,β-unsaturated/α-hetero) is 1. The normalized spacial score (nSPS) is 37.0. The number of hydrogen-bond acceptors (Lipinski definition) is 4. The lowest BCUT2D eigenvalue weighted by Crippen LogP contribution is -2.54. The van der Waals surface area contributed by atoms with E-state index in [-0.39, 0.29) is 17.9 Å². The zero-order valence-electron chi connectivity index (χ0n) is 25.9. The van der Waals surface area contributed by atoms with E-state index in [1.54, 1.807) is 14.0 Å². The van der Waals surface area contributed by atoms with E-state index < -0.39 is 0 Å². The van der Waals surface area contributed by atoms with Crippen molar-refractivity contribution in [3.05, 3.63) is 42.0 Å². The molecule has 4 fully saturated rings. The molecule has 0 aliphatic heterocycles. The molecule has 0 bridgehead atoms. The smallest absolute Gasteiger partial charge is 0.302 e. The van der Waals surface area contributed by atoms with Gasteiger partial charge in [-0.1, -0.05) is 45.0 Å². The number of carbonyl (C=O) groups is 2. The molecule has 0 amide bonds. The van der Waals surface area contributed by atoms with Gasteiger partial charge in [-0.3, -0.25) is 9.59 Å². The number of carbonyl (C=O) groups excluding carboxylic acids is 2. The molecule has 4 aliphatic carbocycles. The van der Waals surface area contributed by atoms with Gasteiger partial charge in [-0.05, 0) is 133 Å². The van der Waals surface area contributed by atoms with E-state index in [1.807, 2.05) is 24.3 Å². The van der Waals surface area contributed by atoms with Crippen molar-refractivity contribution in [2.45, 2.75) is 104 Å². The van der Waals surface area contributed by atoms with Crippen LogP contribution in [0.1, 0.15) is 109 Å².